The first-order chi connectivity index (χ1) is 36.9. The monoisotopic (exact) mass is 1020 g/mol. The topological polar surface area (TPSA) is 95.5 Å². The minimum absolute atomic E-state index is 0.496. The van der Waals surface area contributed by atoms with Gasteiger partial charge in [-0.15, -0.1) is 0 Å². The Bertz CT molecular complexity index is 2740. The summed E-state index contributed by atoms with van der Waals surface area (Å²) < 4.78 is 16.9. The fraction of sp³-hybridized carbons (Fsp3) is 0.556. The summed E-state index contributed by atoms with van der Waals surface area (Å²) in [6, 6.07) is 30.6. The predicted molar refractivity (Wildman–Crippen MR) is 311 cm³/mol. The van der Waals surface area contributed by atoms with Crippen molar-refractivity contribution in [1.29, 1.82) is 0 Å². The molecule has 75 heavy (non-hydrogen) atoms. The lowest BCUT2D eigenvalue weighted by molar-refractivity contribution is 0.0393. The van der Waals surface area contributed by atoms with Crippen molar-refractivity contribution in [3.63, 3.8) is 0 Å². The summed E-state index contributed by atoms with van der Waals surface area (Å²) >= 11 is 0. The van der Waals surface area contributed by atoms with Crippen LogP contribution in [-0.2, 0) is 4.74 Å². The molecular weight excluding hydrogens is 931 g/mol. The fourth-order valence-corrected chi connectivity index (χ4v) is 12.4. The molecular formula is C63H87N9O3. The SMILES string of the molecule is CC.CCCN(C)c1ccc2nc(C3CCCC3)nc(N3CCC(c4ccccc4OC)CC3)c2c1.COc1ccccc1C1CCN(c2nc(C3CCCC3)nc3ccc(N(C)CCN4CCOCC4)cc23)CC1. The summed E-state index contributed by atoms with van der Waals surface area (Å²) in [5, 5.41) is 2.38. The maximum Gasteiger partial charge on any atom is 0.140 e. The Labute approximate surface area is 449 Å². The first kappa shape index (κ1) is 54.1. The summed E-state index contributed by atoms with van der Waals surface area (Å²) in [5.41, 5.74) is 7.33. The zero-order chi connectivity index (χ0) is 52.1. The second kappa shape index (κ2) is 26.4. The number of rotatable bonds is 15. The highest BCUT2D eigenvalue weighted by Gasteiger charge is 2.30. The van der Waals surface area contributed by atoms with Crippen LogP contribution in [-0.4, -0.2) is 125 Å². The van der Waals surface area contributed by atoms with Gasteiger partial charge in [-0.2, -0.15) is 0 Å². The number of fused-ring (bicyclic) bond motifs is 2. The molecule has 3 saturated heterocycles. The molecule has 0 amide bonds. The number of para-hydroxylation sites is 2. The van der Waals surface area contributed by atoms with E-state index >= 15 is 0 Å². The number of benzene rings is 4. The van der Waals surface area contributed by atoms with E-state index in [1.807, 2.05) is 13.8 Å². The Balaban J connectivity index is 0.000000180. The lowest BCUT2D eigenvalue weighted by Gasteiger charge is -2.34. The molecule has 402 valence electrons. The van der Waals surface area contributed by atoms with Gasteiger partial charge in [0.2, 0.25) is 0 Å². The number of morpholine rings is 1. The van der Waals surface area contributed by atoms with Crippen molar-refractivity contribution in [3.8, 4) is 11.5 Å². The number of ether oxygens (including phenoxy) is 3. The minimum atomic E-state index is 0.496. The highest BCUT2D eigenvalue weighted by molar-refractivity contribution is 5.93. The molecule has 2 saturated carbocycles. The fourth-order valence-electron chi connectivity index (χ4n) is 12.4. The Kier molecular flexibility index (Phi) is 19.0. The van der Waals surface area contributed by atoms with Gasteiger partial charge in [0.1, 0.15) is 34.8 Å². The van der Waals surface area contributed by atoms with E-state index in [0.717, 1.165) is 150 Å². The van der Waals surface area contributed by atoms with Crippen LogP contribution in [0.15, 0.2) is 84.9 Å². The summed E-state index contributed by atoms with van der Waals surface area (Å²) in [6.45, 7) is 17.1. The lowest BCUT2D eigenvalue weighted by Crippen LogP contribution is -2.40. The average molecular weight is 1020 g/mol. The van der Waals surface area contributed by atoms with Crippen LogP contribution in [0.1, 0.15) is 151 Å². The normalized spacial score (nSPS) is 18.2. The molecule has 11 rings (SSSR count). The molecule has 2 aliphatic carbocycles. The predicted octanol–water partition coefficient (Wildman–Crippen LogP) is 13.0. The largest absolute Gasteiger partial charge is 0.496 e. The van der Waals surface area contributed by atoms with Crippen LogP contribution in [0.25, 0.3) is 21.8 Å². The van der Waals surface area contributed by atoms with Crippen LogP contribution in [0.2, 0.25) is 0 Å². The average Bonchev–Trinajstić information content (AvgIpc) is 4.25. The molecule has 5 heterocycles. The van der Waals surface area contributed by atoms with E-state index in [0.29, 0.717) is 23.7 Å². The molecule has 6 aromatic rings. The highest BCUT2D eigenvalue weighted by Crippen LogP contribution is 2.42. The van der Waals surface area contributed by atoms with E-state index in [9.17, 15) is 0 Å². The number of methoxy groups -OCH3 is 2. The molecule has 5 aliphatic rings. The Morgan fingerprint density at radius 3 is 1.37 bits per heavy atom. The van der Waals surface area contributed by atoms with Gasteiger partial charge in [0.15, 0.2) is 0 Å². The molecule has 12 nitrogen and oxygen atoms in total. The molecule has 3 aliphatic heterocycles. The maximum absolute atomic E-state index is 5.69. The lowest BCUT2D eigenvalue weighted by atomic mass is 9.88. The molecule has 12 heteroatoms. The van der Waals surface area contributed by atoms with Crippen LogP contribution in [0.4, 0.5) is 23.0 Å². The highest BCUT2D eigenvalue weighted by atomic mass is 16.5. The number of anilines is 4. The van der Waals surface area contributed by atoms with Gasteiger partial charge in [0, 0.05) is 107 Å². The van der Waals surface area contributed by atoms with Crippen molar-refractivity contribution in [2.75, 3.05) is 120 Å². The Morgan fingerprint density at radius 2 is 0.947 bits per heavy atom. The first-order valence-corrected chi connectivity index (χ1v) is 29.0. The standard InChI is InChI=1S/C32H43N5O2.C29H38N4O.C2H6/c1-35(17-18-36-19-21-39-22-20-36)26-11-12-29-28(23-26)32(34-31(33-29)25-7-3-4-8-25)37-15-13-24(14-16-37)27-9-5-6-10-30(27)38-2;1-4-17-32(2)23-13-14-26-25(20-23)29(31-28(30-26)22-9-5-6-10-22)33-18-15-21(16-19-33)24-11-7-8-12-27(24)34-3;1-2/h5-6,9-12,23-25H,3-4,7-8,13-22H2,1-2H3;7-8,11-14,20-22H,4-6,9-10,15-19H2,1-3H3;1-2H3. The van der Waals surface area contributed by atoms with Crippen molar-refractivity contribution in [1.82, 2.24) is 24.8 Å². The number of piperidine rings is 2. The number of nitrogens with zero attached hydrogens (tertiary/aromatic N) is 9. The van der Waals surface area contributed by atoms with E-state index in [-0.39, 0.29) is 0 Å². The van der Waals surface area contributed by atoms with E-state index in [1.54, 1.807) is 14.2 Å². The van der Waals surface area contributed by atoms with Gasteiger partial charge >= 0.3 is 0 Å². The summed E-state index contributed by atoms with van der Waals surface area (Å²) in [6.07, 6.45) is 15.6. The van der Waals surface area contributed by atoms with Gasteiger partial charge in [-0.25, -0.2) is 19.9 Å². The quantitative estimate of drug-likeness (QED) is 0.0980. The third-order valence-electron chi connectivity index (χ3n) is 16.8. The third kappa shape index (κ3) is 12.9. The van der Waals surface area contributed by atoms with Crippen molar-refractivity contribution in [3.05, 3.63) is 108 Å². The minimum Gasteiger partial charge on any atom is -0.496 e. The van der Waals surface area contributed by atoms with Gasteiger partial charge in [-0.1, -0.05) is 82.9 Å². The van der Waals surface area contributed by atoms with Crippen LogP contribution >= 0.6 is 0 Å². The van der Waals surface area contributed by atoms with Crippen LogP contribution in [0.3, 0.4) is 0 Å². The Morgan fingerprint density at radius 1 is 0.520 bits per heavy atom. The van der Waals surface area contributed by atoms with Crippen molar-refractivity contribution in [2.24, 2.45) is 0 Å². The van der Waals surface area contributed by atoms with Gasteiger partial charge in [0.25, 0.3) is 0 Å². The molecule has 0 spiro atoms. The maximum atomic E-state index is 5.69. The molecule has 5 fully saturated rings. The number of aromatic nitrogens is 4. The molecule has 4 aromatic carbocycles. The van der Waals surface area contributed by atoms with E-state index in [4.69, 9.17) is 34.1 Å². The third-order valence-corrected chi connectivity index (χ3v) is 16.8. The second-order valence-corrected chi connectivity index (χ2v) is 21.5. The molecule has 0 radical (unpaired) electrons. The van der Waals surface area contributed by atoms with Crippen LogP contribution in [0, 0.1) is 0 Å². The number of likely N-dealkylation sites (N-methyl/N-ethyl adjacent to an activating group) is 1. The molecule has 0 bridgehead atoms. The Hall–Kier alpha value is -5.72. The molecule has 2 aromatic heterocycles. The van der Waals surface area contributed by atoms with Crippen molar-refractivity contribution in [2.45, 2.75) is 128 Å². The second-order valence-electron chi connectivity index (χ2n) is 21.5. The smallest absolute Gasteiger partial charge is 0.140 e. The summed E-state index contributed by atoms with van der Waals surface area (Å²) in [7, 11) is 7.93. The van der Waals surface area contributed by atoms with E-state index in [2.05, 4.69) is 130 Å². The van der Waals surface area contributed by atoms with E-state index in [1.165, 1.54) is 84.6 Å². The zero-order valence-electron chi connectivity index (χ0n) is 46.6. The summed E-state index contributed by atoms with van der Waals surface area (Å²) in [4.78, 5) is 33.0. The van der Waals surface area contributed by atoms with Crippen molar-refractivity contribution < 1.29 is 14.2 Å². The van der Waals surface area contributed by atoms with Gasteiger partial charge in [-0.05, 0) is 129 Å². The van der Waals surface area contributed by atoms with Crippen LogP contribution in [0.5, 0.6) is 11.5 Å². The first-order valence-electron chi connectivity index (χ1n) is 29.0. The van der Waals surface area contributed by atoms with Gasteiger partial charge in [0.05, 0.1) is 38.5 Å². The zero-order valence-corrected chi connectivity index (χ0v) is 46.6. The van der Waals surface area contributed by atoms with Gasteiger partial charge < -0.3 is 33.8 Å². The summed E-state index contributed by atoms with van der Waals surface area (Å²) in [5.74, 6) is 8.45. The molecule has 0 unspecified atom stereocenters. The van der Waals surface area contributed by atoms with Crippen molar-refractivity contribution >= 4 is 44.8 Å². The molecule has 0 atom stereocenters. The van der Waals surface area contributed by atoms with Gasteiger partial charge in [-0.3, -0.25) is 4.90 Å². The number of hydrogen-bond donors (Lipinski definition) is 0. The molecule has 0 N–H and O–H groups in total. The van der Waals surface area contributed by atoms with Crippen LogP contribution < -0.4 is 29.1 Å². The number of hydrogen-bond acceptors (Lipinski definition) is 12. The van der Waals surface area contributed by atoms with E-state index < -0.39 is 0 Å².